The molecule has 5 nitrogen and oxygen atoms in total. The number of rotatable bonds is 8. The van der Waals surface area contributed by atoms with Crippen LogP contribution in [0.25, 0.3) is 0 Å². The van der Waals surface area contributed by atoms with Crippen LogP contribution in [0.5, 0.6) is 0 Å². The molecule has 1 aliphatic heterocycles. The molecule has 6 heteroatoms. The maximum Gasteiger partial charge on any atom is 0.230 e. The van der Waals surface area contributed by atoms with E-state index in [2.05, 4.69) is 51.6 Å². The summed E-state index contributed by atoms with van der Waals surface area (Å²) in [5.74, 6) is 0.110. The summed E-state index contributed by atoms with van der Waals surface area (Å²) in [7, 11) is 0. The molecule has 1 N–H and O–H groups in total. The average Bonchev–Trinajstić information content (AvgIpc) is 3.10. The highest BCUT2D eigenvalue weighted by Crippen LogP contribution is 2.22. The van der Waals surface area contributed by atoms with Crippen LogP contribution in [0.3, 0.4) is 0 Å². The van der Waals surface area contributed by atoms with E-state index in [4.69, 9.17) is 0 Å². The summed E-state index contributed by atoms with van der Waals surface area (Å²) in [6, 6.07) is 10.5. The average molecular weight is 373 g/mol. The fraction of sp³-hybridized carbons (Fsp3) is 0.550. The highest BCUT2D eigenvalue weighted by molar-refractivity contribution is 7.15. The molecule has 0 radical (unpaired) electrons. The number of anilines is 1. The summed E-state index contributed by atoms with van der Waals surface area (Å²) in [6.07, 6.45) is 6.50. The van der Waals surface area contributed by atoms with Gasteiger partial charge in [0.05, 0.1) is 5.92 Å². The lowest BCUT2D eigenvalue weighted by atomic mass is 9.97. The molecular formula is C20H28N4OS. The number of nitrogens with one attached hydrogen (secondary N) is 1. The van der Waals surface area contributed by atoms with Gasteiger partial charge in [-0.1, -0.05) is 61.4 Å². The van der Waals surface area contributed by atoms with E-state index in [9.17, 15) is 4.79 Å². The number of carbonyl (C=O) groups is 1. The van der Waals surface area contributed by atoms with E-state index in [0.29, 0.717) is 5.13 Å². The molecule has 0 spiro atoms. The molecule has 3 rings (SSSR count). The van der Waals surface area contributed by atoms with Gasteiger partial charge in [-0.25, -0.2) is 0 Å². The topological polar surface area (TPSA) is 58.1 Å². The highest BCUT2D eigenvalue weighted by Gasteiger charge is 2.26. The molecule has 1 unspecified atom stereocenters. The van der Waals surface area contributed by atoms with Gasteiger partial charge in [-0.2, -0.15) is 0 Å². The molecule has 2 aromatic rings. The van der Waals surface area contributed by atoms with E-state index >= 15 is 0 Å². The van der Waals surface area contributed by atoms with Crippen molar-refractivity contribution in [2.45, 2.75) is 52.0 Å². The van der Waals surface area contributed by atoms with Crippen molar-refractivity contribution in [1.82, 2.24) is 15.1 Å². The minimum absolute atomic E-state index is 0.0277. The van der Waals surface area contributed by atoms with Gasteiger partial charge >= 0.3 is 0 Å². The second kappa shape index (κ2) is 9.78. The lowest BCUT2D eigenvalue weighted by Gasteiger charge is -2.31. The maximum absolute atomic E-state index is 12.6. The summed E-state index contributed by atoms with van der Waals surface area (Å²) in [5, 5.41) is 13.0. The third kappa shape index (κ3) is 5.61. The molecule has 1 aliphatic rings. The van der Waals surface area contributed by atoms with Gasteiger partial charge < -0.3 is 5.32 Å². The molecule has 1 fully saturated rings. The Morgan fingerprint density at radius 3 is 2.92 bits per heavy atom. The van der Waals surface area contributed by atoms with Crippen molar-refractivity contribution in [2.24, 2.45) is 5.92 Å². The van der Waals surface area contributed by atoms with Crippen molar-refractivity contribution in [1.29, 1.82) is 0 Å². The lowest BCUT2D eigenvalue weighted by Crippen LogP contribution is -2.40. The Labute approximate surface area is 159 Å². The quantitative estimate of drug-likeness (QED) is 0.708. The summed E-state index contributed by atoms with van der Waals surface area (Å²) < 4.78 is 0. The number of aromatic nitrogens is 2. The molecule has 1 amide bonds. The van der Waals surface area contributed by atoms with E-state index in [0.717, 1.165) is 50.3 Å². The molecule has 1 saturated heterocycles. The van der Waals surface area contributed by atoms with E-state index in [1.165, 1.54) is 29.7 Å². The Morgan fingerprint density at radius 2 is 2.12 bits per heavy atom. The first kappa shape index (κ1) is 19.0. The van der Waals surface area contributed by atoms with Crippen LogP contribution in [0, 0.1) is 5.92 Å². The minimum Gasteiger partial charge on any atom is -0.300 e. The number of hydrogen-bond acceptors (Lipinski definition) is 5. The van der Waals surface area contributed by atoms with Crippen LogP contribution in [-0.4, -0.2) is 34.1 Å². The van der Waals surface area contributed by atoms with Gasteiger partial charge in [0.15, 0.2) is 0 Å². The van der Waals surface area contributed by atoms with Gasteiger partial charge in [-0.3, -0.25) is 9.69 Å². The Morgan fingerprint density at radius 1 is 1.27 bits per heavy atom. The standard InChI is InChI=1S/C20H28N4OS/c1-2-3-5-12-18-22-23-20(26-18)21-19(25)17-11-8-13-24(15-17)14-16-9-6-4-7-10-16/h4,6-7,9-10,17H,2-3,5,8,11-15H2,1H3,(H,21,23,25). The second-order valence-corrected chi connectivity index (χ2v) is 8.07. The number of unbranched alkanes of at least 4 members (excludes halogenated alkanes) is 2. The number of amides is 1. The molecule has 1 aromatic carbocycles. The molecule has 0 saturated carbocycles. The molecular weight excluding hydrogens is 344 g/mol. The SMILES string of the molecule is CCCCCc1nnc(NC(=O)C2CCCN(Cc3ccccc3)C2)s1. The number of nitrogens with zero attached hydrogens (tertiary/aromatic N) is 3. The Kier molecular flexibility index (Phi) is 7.14. The highest BCUT2D eigenvalue weighted by atomic mass is 32.1. The molecule has 1 atom stereocenters. The molecule has 140 valence electrons. The van der Waals surface area contributed by atoms with Crippen molar-refractivity contribution in [3.05, 3.63) is 40.9 Å². The maximum atomic E-state index is 12.6. The second-order valence-electron chi connectivity index (χ2n) is 7.01. The van der Waals surface area contributed by atoms with Crippen molar-refractivity contribution in [3.63, 3.8) is 0 Å². The first-order chi connectivity index (χ1) is 12.7. The number of aryl methyl sites for hydroxylation is 1. The van der Waals surface area contributed by atoms with Crippen LogP contribution in [-0.2, 0) is 17.8 Å². The summed E-state index contributed by atoms with van der Waals surface area (Å²) in [4.78, 5) is 15.0. The first-order valence-corrected chi connectivity index (χ1v) is 10.5. The summed E-state index contributed by atoms with van der Waals surface area (Å²) in [6.45, 7) is 4.96. The molecule has 2 heterocycles. The van der Waals surface area contributed by atoms with Crippen LogP contribution in [0.2, 0.25) is 0 Å². The monoisotopic (exact) mass is 372 g/mol. The van der Waals surface area contributed by atoms with Crippen molar-refractivity contribution >= 4 is 22.4 Å². The molecule has 0 aliphatic carbocycles. The Balaban J connectivity index is 1.49. The van der Waals surface area contributed by atoms with Gasteiger partial charge in [0, 0.05) is 19.5 Å². The smallest absolute Gasteiger partial charge is 0.230 e. The van der Waals surface area contributed by atoms with Crippen LogP contribution in [0.4, 0.5) is 5.13 Å². The Bertz CT molecular complexity index is 688. The van der Waals surface area contributed by atoms with Gasteiger partial charge in [-0.05, 0) is 31.4 Å². The fourth-order valence-electron chi connectivity index (χ4n) is 3.39. The van der Waals surface area contributed by atoms with Gasteiger partial charge in [0.25, 0.3) is 0 Å². The van der Waals surface area contributed by atoms with Crippen molar-refractivity contribution in [2.75, 3.05) is 18.4 Å². The van der Waals surface area contributed by atoms with Crippen LogP contribution in [0.1, 0.15) is 49.6 Å². The predicted molar refractivity (Wildman–Crippen MR) is 106 cm³/mol. The van der Waals surface area contributed by atoms with E-state index in [-0.39, 0.29) is 11.8 Å². The zero-order valence-electron chi connectivity index (χ0n) is 15.5. The summed E-state index contributed by atoms with van der Waals surface area (Å²) in [5.41, 5.74) is 1.30. The van der Waals surface area contributed by atoms with Crippen molar-refractivity contribution < 1.29 is 4.79 Å². The van der Waals surface area contributed by atoms with Crippen LogP contribution in [0.15, 0.2) is 30.3 Å². The van der Waals surface area contributed by atoms with Crippen LogP contribution < -0.4 is 5.32 Å². The van der Waals surface area contributed by atoms with E-state index in [1.807, 2.05) is 6.07 Å². The minimum atomic E-state index is 0.0277. The van der Waals surface area contributed by atoms with Crippen molar-refractivity contribution in [3.8, 4) is 0 Å². The number of hydrogen-bond donors (Lipinski definition) is 1. The third-order valence-corrected chi connectivity index (χ3v) is 5.71. The zero-order chi connectivity index (χ0) is 18.2. The van der Waals surface area contributed by atoms with Gasteiger partial charge in [0.1, 0.15) is 5.01 Å². The number of likely N-dealkylation sites (tertiary alicyclic amines) is 1. The molecule has 1 aromatic heterocycles. The normalized spacial score (nSPS) is 18.0. The fourth-order valence-corrected chi connectivity index (χ4v) is 4.18. The number of piperidine rings is 1. The van der Waals surface area contributed by atoms with Crippen LogP contribution >= 0.6 is 11.3 Å². The zero-order valence-corrected chi connectivity index (χ0v) is 16.3. The third-order valence-electron chi connectivity index (χ3n) is 4.82. The summed E-state index contributed by atoms with van der Waals surface area (Å²) >= 11 is 1.51. The molecule has 0 bridgehead atoms. The van der Waals surface area contributed by atoms with E-state index < -0.39 is 0 Å². The predicted octanol–water partition coefficient (Wildman–Crippen LogP) is 4.12. The van der Waals surface area contributed by atoms with Gasteiger partial charge in [-0.15, -0.1) is 10.2 Å². The first-order valence-electron chi connectivity index (χ1n) is 9.64. The van der Waals surface area contributed by atoms with Gasteiger partial charge in [0.2, 0.25) is 11.0 Å². The number of benzene rings is 1. The lowest BCUT2D eigenvalue weighted by molar-refractivity contribution is -0.121. The van der Waals surface area contributed by atoms with E-state index in [1.54, 1.807) is 0 Å². The molecule has 26 heavy (non-hydrogen) atoms. The number of carbonyl (C=O) groups excluding carboxylic acids is 1. The largest absolute Gasteiger partial charge is 0.300 e. The Hall–Kier alpha value is -1.79.